The second-order valence-corrected chi connectivity index (χ2v) is 7.81. The van der Waals surface area contributed by atoms with Gasteiger partial charge in [0, 0.05) is 4.90 Å². The molecule has 2 rings (SSSR count). The lowest BCUT2D eigenvalue weighted by atomic mass is 10.2. The van der Waals surface area contributed by atoms with E-state index in [0.29, 0.717) is 0 Å². The standard InChI is InChI=1S/C16H15F2NO3S2/c1-11-6-2-4-8-13(11)23-10-15(20)19-12-7-3-5-9-14(12)24(21,22)16(17)18/h2-9,16H,10H2,1H3,(H,19,20). The molecular weight excluding hydrogens is 356 g/mol. The molecule has 8 heteroatoms. The fourth-order valence-corrected chi connectivity index (χ4v) is 3.68. The van der Waals surface area contributed by atoms with E-state index in [4.69, 9.17) is 0 Å². The highest BCUT2D eigenvalue weighted by atomic mass is 32.2. The molecule has 0 bridgehead atoms. The number of anilines is 1. The normalized spacial score (nSPS) is 11.5. The van der Waals surface area contributed by atoms with Crippen LogP contribution in [0.4, 0.5) is 14.5 Å². The van der Waals surface area contributed by atoms with Crippen LogP contribution in [0, 0.1) is 6.92 Å². The number of carbonyl (C=O) groups is 1. The zero-order chi connectivity index (χ0) is 17.7. The number of amides is 1. The van der Waals surface area contributed by atoms with Gasteiger partial charge in [-0.3, -0.25) is 4.79 Å². The van der Waals surface area contributed by atoms with Gasteiger partial charge < -0.3 is 5.32 Å². The van der Waals surface area contributed by atoms with Crippen molar-refractivity contribution < 1.29 is 22.0 Å². The number of hydrogen-bond donors (Lipinski definition) is 1. The number of nitrogens with one attached hydrogen (secondary N) is 1. The summed E-state index contributed by atoms with van der Waals surface area (Å²) in [4.78, 5) is 12.4. The van der Waals surface area contributed by atoms with E-state index in [1.165, 1.54) is 30.0 Å². The third kappa shape index (κ3) is 4.33. The Hall–Kier alpha value is -1.93. The van der Waals surface area contributed by atoms with E-state index in [1.807, 2.05) is 31.2 Å². The summed E-state index contributed by atoms with van der Waals surface area (Å²) >= 11 is 1.28. The number of carbonyl (C=O) groups excluding carboxylic acids is 1. The summed E-state index contributed by atoms with van der Waals surface area (Å²) in [7, 11) is -4.78. The monoisotopic (exact) mass is 371 g/mol. The first kappa shape index (κ1) is 18.4. The van der Waals surface area contributed by atoms with Crippen LogP contribution in [-0.4, -0.2) is 25.8 Å². The van der Waals surface area contributed by atoms with Gasteiger partial charge in [-0.15, -0.1) is 11.8 Å². The minimum Gasteiger partial charge on any atom is -0.324 e. The van der Waals surface area contributed by atoms with E-state index < -0.39 is 26.4 Å². The molecule has 0 fully saturated rings. The van der Waals surface area contributed by atoms with Gasteiger partial charge in [0.15, 0.2) is 0 Å². The van der Waals surface area contributed by atoms with Crippen molar-refractivity contribution in [2.75, 3.05) is 11.1 Å². The number of rotatable bonds is 6. The zero-order valence-corrected chi connectivity index (χ0v) is 14.3. The molecule has 128 valence electrons. The molecule has 0 radical (unpaired) electrons. The Balaban J connectivity index is 2.12. The lowest BCUT2D eigenvalue weighted by Crippen LogP contribution is -2.19. The van der Waals surface area contributed by atoms with Gasteiger partial charge >= 0.3 is 5.76 Å². The Morgan fingerprint density at radius 2 is 1.75 bits per heavy atom. The van der Waals surface area contributed by atoms with E-state index in [0.717, 1.165) is 16.5 Å². The predicted molar refractivity (Wildman–Crippen MR) is 90.2 cm³/mol. The molecule has 0 aliphatic heterocycles. The summed E-state index contributed by atoms with van der Waals surface area (Å²) in [5.41, 5.74) is 0.865. The second kappa shape index (κ2) is 7.76. The Labute approximate surface area is 143 Å². The Morgan fingerprint density at radius 1 is 1.12 bits per heavy atom. The molecule has 4 nitrogen and oxygen atoms in total. The minimum absolute atomic E-state index is 0.0356. The molecule has 0 spiro atoms. The molecule has 0 saturated heterocycles. The van der Waals surface area contributed by atoms with Crippen LogP contribution in [0.3, 0.4) is 0 Å². The van der Waals surface area contributed by atoms with Gasteiger partial charge in [-0.05, 0) is 30.7 Å². The Bertz CT molecular complexity index is 839. The molecule has 0 saturated carbocycles. The van der Waals surface area contributed by atoms with Crippen molar-refractivity contribution in [2.45, 2.75) is 22.5 Å². The molecule has 1 amide bonds. The third-order valence-electron chi connectivity index (χ3n) is 3.15. The van der Waals surface area contributed by atoms with Crippen molar-refractivity contribution in [1.29, 1.82) is 0 Å². The van der Waals surface area contributed by atoms with Crippen molar-refractivity contribution in [2.24, 2.45) is 0 Å². The topological polar surface area (TPSA) is 63.2 Å². The molecule has 0 unspecified atom stereocenters. The number of benzene rings is 2. The van der Waals surface area contributed by atoms with E-state index in [1.54, 1.807) is 0 Å². The van der Waals surface area contributed by atoms with Crippen LogP contribution < -0.4 is 5.32 Å². The summed E-state index contributed by atoms with van der Waals surface area (Å²) < 4.78 is 48.8. The van der Waals surface area contributed by atoms with Gasteiger partial charge in [0.2, 0.25) is 15.7 Å². The summed E-state index contributed by atoms with van der Waals surface area (Å²) in [6.45, 7) is 1.91. The third-order valence-corrected chi connectivity index (χ3v) is 5.77. The van der Waals surface area contributed by atoms with Crippen molar-refractivity contribution in [3.63, 3.8) is 0 Å². The van der Waals surface area contributed by atoms with E-state index in [-0.39, 0.29) is 11.4 Å². The van der Waals surface area contributed by atoms with Crippen molar-refractivity contribution in [3.8, 4) is 0 Å². The van der Waals surface area contributed by atoms with Crippen LogP contribution >= 0.6 is 11.8 Å². The molecule has 0 aliphatic rings. The van der Waals surface area contributed by atoms with Gasteiger partial charge in [0.05, 0.1) is 16.3 Å². The summed E-state index contributed by atoms with van der Waals surface area (Å²) in [6.07, 6.45) is 0. The van der Waals surface area contributed by atoms with Gasteiger partial charge in [-0.1, -0.05) is 30.3 Å². The summed E-state index contributed by atoms with van der Waals surface area (Å²) in [5.74, 6) is -3.98. The highest BCUT2D eigenvalue weighted by molar-refractivity contribution is 8.00. The minimum atomic E-state index is -4.78. The van der Waals surface area contributed by atoms with E-state index in [2.05, 4.69) is 5.32 Å². The maximum absolute atomic E-state index is 12.7. The number of para-hydroxylation sites is 1. The van der Waals surface area contributed by atoms with E-state index >= 15 is 0 Å². The SMILES string of the molecule is Cc1ccccc1SCC(=O)Nc1ccccc1S(=O)(=O)C(F)F. The largest absolute Gasteiger partial charge is 0.341 e. The lowest BCUT2D eigenvalue weighted by Gasteiger charge is -2.11. The maximum atomic E-state index is 12.7. The molecule has 0 heterocycles. The molecule has 2 aromatic carbocycles. The number of aryl methyl sites for hydroxylation is 1. The molecular formula is C16H15F2NO3S2. The number of sulfone groups is 1. The van der Waals surface area contributed by atoms with Crippen LogP contribution in [0.5, 0.6) is 0 Å². The Morgan fingerprint density at radius 3 is 2.42 bits per heavy atom. The lowest BCUT2D eigenvalue weighted by molar-refractivity contribution is -0.113. The first-order valence-electron chi connectivity index (χ1n) is 6.91. The summed E-state index contributed by atoms with van der Waals surface area (Å²) in [6, 6.07) is 12.6. The van der Waals surface area contributed by atoms with Gasteiger partial charge in [-0.25, -0.2) is 8.42 Å². The Kier molecular flexibility index (Phi) is 5.95. The van der Waals surface area contributed by atoms with Crippen LogP contribution in [-0.2, 0) is 14.6 Å². The fourth-order valence-electron chi connectivity index (χ4n) is 1.96. The van der Waals surface area contributed by atoms with Crippen LogP contribution in [0.1, 0.15) is 5.56 Å². The van der Waals surface area contributed by atoms with Gasteiger partial charge in [0.25, 0.3) is 0 Å². The fraction of sp³-hybridized carbons (Fsp3) is 0.188. The van der Waals surface area contributed by atoms with Crippen LogP contribution in [0.2, 0.25) is 0 Å². The molecule has 24 heavy (non-hydrogen) atoms. The van der Waals surface area contributed by atoms with Crippen molar-refractivity contribution in [3.05, 3.63) is 54.1 Å². The number of alkyl halides is 2. The van der Waals surface area contributed by atoms with Crippen LogP contribution in [0.25, 0.3) is 0 Å². The average Bonchev–Trinajstić information content (AvgIpc) is 2.54. The van der Waals surface area contributed by atoms with Crippen LogP contribution in [0.15, 0.2) is 58.3 Å². The van der Waals surface area contributed by atoms with Crippen molar-refractivity contribution in [1.82, 2.24) is 0 Å². The highest BCUT2D eigenvalue weighted by Gasteiger charge is 2.29. The van der Waals surface area contributed by atoms with Gasteiger partial charge in [-0.2, -0.15) is 8.78 Å². The molecule has 2 aromatic rings. The quantitative estimate of drug-likeness (QED) is 0.786. The molecule has 0 atom stereocenters. The van der Waals surface area contributed by atoms with Crippen molar-refractivity contribution >= 4 is 33.2 Å². The predicted octanol–water partition coefficient (Wildman–Crippen LogP) is 3.72. The average molecular weight is 371 g/mol. The van der Waals surface area contributed by atoms with Gasteiger partial charge in [0.1, 0.15) is 0 Å². The maximum Gasteiger partial charge on any atom is 0.341 e. The molecule has 0 aromatic heterocycles. The first-order chi connectivity index (χ1) is 11.3. The first-order valence-corrected chi connectivity index (χ1v) is 9.45. The number of halogens is 2. The van der Waals surface area contributed by atoms with E-state index in [9.17, 15) is 22.0 Å². The number of hydrogen-bond acceptors (Lipinski definition) is 4. The summed E-state index contributed by atoms with van der Waals surface area (Å²) in [5, 5.41) is 2.39. The molecule has 0 aliphatic carbocycles. The molecule has 1 N–H and O–H groups in total. The smallest absolute Gasteiger partial charge is 0.324 e. The second-order valence-electron chi connectivity index (χ2n) is 4.90. The highest BCUT2D eigenvalue weighted by Crippen LogP contribution is 2.27. The number of thioether (sulfide) groups is 1. The zero-order valence-electron chi connectivity index (χ0n) is 12.7.